The van der Waals surface area contributed by atoms with Crippen LogP contribution in [-0.4, -0.2) is 70.0 Å². The van der Waals surface area contributed by atoms with Crippen LogP contribution >= 0.6 is 0 Å². The Morgan fingerprint density at radius 1 is 0.482 bits per heavy atom. The van der Waals surface area contributed by atoms with Gasteiger partial charge in [0.05, 0.1) is 11.8 Å². The summed E-state index contributed by atoms with van der Waals surface area (Å²) >= 11 is 0. The molecule has 0 saturated heterocycles. The summed E-state index contributed by atoms with van der Waals surface area (Å²) in [7, 11) is 0. The fourth-order valence-electron chi connectivity index (χ4n) is 8.04. The van der Waals surface area contributed by atoms with Crippen molar-refractivity contribution in [3.8, 4) is 0 Å². The summed E-state index contributed by atoms with van der Waals surface area (Å²) < 4.78 is 0. The Hall–Kier alpha value is -2.75. The average Bonchev–Trinajstić information content (AvgIpc) is 3.46. The number of rotatable bonds is 52. The van der Waals surface area contributed by atoms with Crippen molar-refractivity contribution in [3.05, 3.63) is 70.3 Å². The van der Waals surface area contributed by atoms with Crippen molar-refractivity contribution in [2.24, 2.45) is 5.92 Å². The molecule has 3 unspecified atom stereocenters. The van der Waals surface area contributed by atoms with E-state index in [0.29, 0.717) is 49.4 Å². The Bertz CT molecular complexity index is 1450. The third-order valence-electron chi connectivity index (χ3n) is 13.1. The van der Waals surface area contributed by atoms with E-state index in [-0.39, 0.29) is 77.3 Å². The zero-order valence-electron chi connectivity index (χ0n) is 55.4. The van der Waals surface area contributed by atoms with E-state index < -0.39 is 30.1 Å². The van der Waals surface area contributed by atoms with E-state index in [1.807, 2.05) is 26.8 Å². The number of nitrogens with one attached hydrogen (secondary N) is 4. The summed E-state index contributed by atoms with van der Waals surface area (Å²) in [6.45, 7) is 42.9. The Morgan fingerprint density at radius 3 is 1.22 bits per heavy atom. The molecule has 83 heavy (non-hydrogen) atoms. The second-order valence-electron chi connectivity index (χ2n) is 22.1. The van der Waals surface area contributed by atoms with Crippen LogP contribution in [0.15, 0.2) is 49.5 Å². The largest absolute Gasteiger partial charge is 3.00 e. The molecule has 0 aliphatic rings. The maximum Gasteiger partial charge on any atom is 3.00 e. The molecule has 0 rings (SSSR count). The molecule has 0 aliphatic heterocycles. The summed E-state index contributed by atoms with van der Waals surface area (Å²) in [6, 6.07) is -2.45. The number of carboxylic acid groups (broad SMARTS) is 2. The number of amides is 2. The number of carbonyl (C=O) groups is 5. The van der Waals surface area contributed by atoms with Crippen LogP contribution in [0.1, 0.15) is 319 Å². The molecule has 489 valence electrons. The standard InChI is InChI=1S/C39H68N4O7.C17H34O.2C4H9.C3H8.C3H7.Sm/c1-6-7-8-9-10-11-12-13-14-15-16-17-18-19-23-36(45)43-35(39(49)50)27-24-31(4)40-28-21-20-22-33(37(46)30(2)3)42-32(5)25-26-34(38(47)48)41-29-44;1-3-4-5-6-7-8-9-10-11-12-13-14-15-16-17(2)18;2*1-3-4-2;2*1-3-2;/h6,29-30,33-35,40,42H,1,4-5,7-28H2,2-3H3,(H,41,44)(H,43,45)(H,47,48)(H,49,50);18H,2-16H2,1H3;2*1,3-4H2,2H3;3H2,1-2H3;1,3H2,2H3;/q;;2*-1;;-1;+3. The molecule has 12 nitrogen and oxygen atoms in total. The van der Waals surface area contributed by atoms with Gasteiger partial charge >= 0.3 is 52.3 Å². The van der Waals surface area contributed by atoms with Gasteiger partial charge in [-0.05, 0) is 70.6 Å². The first kappa shape index (κ1) is 93.9. The van der Waals surface area contributed by atoms with E-state index in [2.05, 4.69) is 103 Å². The van der Waals surface area contributed by atoms with E-state index in [1.54, 1.807) is 0 Å². The minimum Gasteiger partial charge on any atom is -0.513 e. The quantitative estimate of drug-likeness (QED) is 0.0101. The fraction of sp³-hybridized carbons (Fsp3) is 0.771. The molecule has 0 aromatic rings. The Kier molecular flexibility index (Phi) is 89.7. The molecule has 0 aromatic heterocycles. The van der Waals surface area contributed by atoms with Gasteiger partial charge in [-0.1, -0.05) is 242 Å². The third-order valence-corrected chi connectivity index (χ3v) is 13.1. The van der Waals surface area contributed by atoms with Gasteiger partial charge < -0.3 is 57.4 Å². The number of unbranched alkanes of at least 4 members (excludes halogenated alkanes) is 27. The van der Waals surface area contributed by atoms with Gasteiger partial charge in [0.25, 0.3) is 0 Å². The molecule has 1 radical (unpaired) electrons. The minimum absolute atomic E-state index is 0. The van der Waals surface area contributed by atoms with Crippen LogP contribution in [0.3, 0.4) is 0 Å². The number of carbonyl (C=O) groups excluding carboxylic acids is 3. The Balaban J connectivity index is -0.000000285. The second kappa shape index (κ2) is 79.2. The zero-order chi connectivity index (χ0) is 63.3. The van der Waals surface area contributed by atoms with Gasteiger partial charge in [0.2, 0.25) is 12.3 Å². The fourth-order valence-corrected chi connectivity index (χ4v) is 8.04. The number of allylic oxidation sites excluding steroid dienone is 4. The van der Waals surface area contributed by atoms with Crippen LogP contribution in [0.4, 0.5) is 0 Å². The third kappa shape index (κ3) is 83.5. The van der Waals surface area contributed by atoms with Gasteiger partial charge in [-0.2, -0.15) is 19.3 Å². The second-order valence-corrected chi connectivity index (χ2v) is 22.1. The van der Waals surface area contributed by atoms with Crippen LogP contribution in [0.2, 0.25) is 0 Å². The topological polar surface area (TPSA) is 194 Å². The number of carboxylic acids is 2. The van der Waals surface area contributed by atoms with Crippen molar-refractivity contribution in [2.75, 3.05) is 6.54 Å². The molecule has 13 heteroatoms. The van der Waals surface area contributed by atoms with E-state index in [4.69, 9.17) is 5.11 Å². The molecular weight excluding hydrogens is 1180 g/mol. The summed E-state index contributed by atoms with van der Waals surface area (Å²) in [5.41, 5.74) is 1.22. The summed E-state index contributed by atoms with van der Waals surface area (Å²) in [5.74, 6) is -2.24. The number of Topliss-reactive ketones (excluding diaryl/α,β-unsaturated/α-hetero) is 1. The molecular formula is C70H135N4O8Sm. The first-order valence-electron chi connectivity index (χ1n) is 33.0. The van der Waals surface area contributed by atoms with Crippen LogP contribution in [0.25, 0.3) is 0 Å². The molecule has 2 amide bonds. The van der Waals surface area contributed by atoms with E-state index in [1.165, 1.54) is 154 Å². The molecule has 0 fully saturated rings. The smallest absolute Gasteiger partial charge is 0.513 e. The van der Waals surface area contributed by atoms with Gasteiger partial charge in [-0.25, -0.2) is 9.59 Å². The van der Waals surface area contributed by atoms with Gasteiger partial charge in [0.15, 0.2) is 5.78 Å². The predicted octanol–water partition coefficient (Wildman–Crippen LogP) is 19.4. The number of aliphatic carboxylic acids is 2. The molecule has 3 atom stereocenters. The monoisotopic (exact) mass is 1310 g/mol. The van der Waals surface area contributed by atoms with Crippen molar-refractivity contribution >= 4 is 30.0 Å². The number of aliphatic hydroxyl groups is 1. The molecule has 0 heterocycles. The molecule has 0 spiro atoms. The zero-order valence-corrected chi connectivity index (χ0v) is 58.0. The number of hydrogen-bond acceptors (Lipinski definition) is 8. The average molecular weight is 1310 g/mol. The van der Waals surface area contributed by atoms with Gasteiger partial charge in [-0.3, -0.25) is 14.4 Å². The number of aliphatic hydroxyl groups excluding tert-OH is 1. The first-order chi connectivity index (χ1) is 39.3. The van der Waals surface area contributed by atoms with Crippen molar-refractivity contribution in [1.29, 1.82) is 0 Å². The van der Waals surface area contributed by atoms with Gasteiger partial charge in [-0.15, -0.1) is 6.58 Å². The summed E-state index contributed by atoms with van der Waals surface area (Å²) in [5, 5.41) is 39.1. The molecule has 0 bridgehead atoms. The van der Waals surface area contributed by atoms with Crippen molar-refractivity contribution in [3.63, 3.8) is 0 Å². The van der Waals surface area contributed by atoms with Crippen LogP contribution in [-0.2, 0) is 24.0 Å². The van der Waals surface area contributed by atoms with Crippen molar-refractivity contribution in [1.82, 2.24) is 21.3 Å². The maximum atomic E-state index is 12.8. The Labute approximate surface area is 546 Å². The molecule has 0 saturated carbocycles. The Morgan fingerprint density at radius 2 is 0.855 bits per heavy atom. The van der Waals surface area contributed by atoms with Crippen LogP contribution in [0, 0.1) is 67.1 Å². The molecule has 0 aliphatic carbocycles. The van der Waals surface area contributed by atoms with E-state index in [9.17, 15) is 34.2 Å². The number of hydrogen-bond donors (Lipinski definition) is 7. The van der Waals surface area contributed by atoms with E-state index in [0.717, 1.165) is 70.6 Å². The van der Waals surface area contributed by atoms with Gasteiger partial charge in [0, 0.05) is 36.7 Å². The summed E-state index contributed by atoms with van der Waals surface area (Å²) in [4.78, 5) is 58.9. The van der Waals surface area contributed by atoms with Crippen LogP contribution in [0.5, 0.6) is 0 Å². The maximum absolute atomic E-state index is 12.8. The van der Waals surface area contributed by atoms with Crippen molar-refractivity contribution in [2.45, 2.75) is 337 Å². The SMILES string of the molecule is C=C(O)CCCCCCCCCCCCCCC.C=CCCCCCCCCCCCCCCC(=O)NC(CCC(=C)NCCCCC(NC(=C)CCC(NC=O)C(=O)O)C(=O)C(C)C)C(=O)O.CCC.[CH2-]CC.[CH2-]CCC.[CH2-]CCC.[Sm+3]. The molecule has 7 N–H and O–H groups in total. The van der Waals surface area contributed by atoms with E-state index >= 15 is 0 Å². The molecule has 0 aromatic carbocycles. The van der Waals surface area contributed by atoms with Gasteiger partial charge in [0.1, 0.15) is 12.1 Å². The van der Waals surface area contributed by atoms with Crippen LogP contribution < -0.4 is 21.3 Å². The summed E-state index contributed by atoms with van der Waals surface area (Å²) in [6.07, 6.45) is 46.6. The minimum atomic E-state index is -1.13. The predicted molar refractivity (Wildman–Crippen MR) is 355 cm³/mol. The normalized spacial score (nSPS) is 11.1. The number of ketones is 1. The van der Waals surface area contributed by atoms with Crippen molar-refractivity contribution < 1.29 is 79.7 Å². The first-order valence-corrected chi connectivity index (χ1v) is 33.0.